The average molecular weight is 238 g/mol. The van der Waals surface area contributed by atoms with E-state index >= 15 is 0 Å². The summed E-state index contributed by atoms with van der Waals surface area (Å²) in [5, 5.41) is 11.6. The molecule has 16 heavy (non-hydrogen) atoms. The minimum Gasteiger partial charge on any atom is -0.389 e. The Bertz CT molecular complexity index is 528. The van der Waals surface area contributed by atoms with Crippen LogP contribution in [0.5, 0.6) is 0 Å². The van der Waals surface area contributed by atoms with Crippen LogP contribution in [0.15, 0.2) is 18.3 Å². The number of hydrogen-bond acceptors (Lipinski definition) is 1. The van der Waals surface area contributed by atoms with Crippen LogP contribution in [0.25, 0.3) is 10.9 Å². The van der Waals surface area contributed by atoms with Crippen LogP contribution in [0.1, 0.15) is 31.1 Å². The summed E-state index contributed by atoms with van der Waals surface area (Å²) in [4.78, 5) is 0. The zero-order valence-electron chi connectivity index (χ0n) is 9.79. The lowest BCUT2D eigenvalue weighted by molar-refractivity contribution is 0.200. The summed E-state index contributed by atoms with van der Waals surface area (Å²) in [7, 11) is 0. The van der Waals surface area contributed by atoms with Crippen LogP contribution in [0.4, 0.5) is 0 Å². The molecular weight excluding hydrogens is 222 g/mol. The molecule has 0 spiro atoms. The standard InChI is InChI=1S/C13H16ClNO/c1-4-15-7-11(9(3)16)10-5-6-12(14)8(2)13(10)15/h5-7,9,16H,4H2,1-3H3. The summed E-state index contributed by atoms with van der Waals surface area (Å²) < 4.78 is 2.14. The predicted octanol–water partition coefficient (Wildman–Crippen LogP) is 3.68. The van der Waals surface area contributed by atoms with Gasteiger partial charge in [0.1, 0.15) is 0 Å². The molecule has 0 aliphatic carbocycles. The van der Waals surface area contributed by atoms with Crippen LogP contribution in [-0.2, 0) is 6.54 Å². The van der Waals surface area contributed by atoms with Gasteiger partial charge in [0.05, 0.1) is 11.6 Å². The van der Waals surface area contributed by atoms with Crippen molar-refractivity contribution in [1.82, 2.24) is 4.57 Å². The van der Waals surface area contributed by atoms with Crippen LogP contribution in [-0.4, -0.2) is 9.67 Å². The maximum Gasteiger partial charge on any atom is 0.0782 e. The summed E-state index contributed by atoms with van der Waals surface area (Å²) in [6, 6.07) is 3.88. The minimum absolute atomic E-state index is 0.448. The molecule has 1 aromatic carbocycles. The Morgan fingerprint density at radius 1 is 1.44 bits per heavy atom. The maximum absolute atomic E-state index is 9.74. The number of nitrogens with zero attached hydrogens (tertiary/aromatic N) is 1. The SMILES string of the molecule is CCn1cc(C(C)O)c2ccc(Cl)c(C)c21. The van der Waals surface area contributed by atoms with Crippen LogP contribution >= 0.6 is 11.6 Å². The molecule has 0 saturated heterocycles. The smallest absolute Gasteiger partial charge is 0.0782 e. The summed E-state index contributed by atoms with van der Waals surface area (Å²) in [6.07, 6.45) is 1.56. The molecule has 1 atom stereocenters. The monoisotopic (exact) mass is 237 g/mol. The Morgan fingerprint density at radius 3 is 2.69 bits per heavy atom. The van der Waals surface area contributed by atoms with Crippen LogP contribution in [0.3, 0.4) is 0 Å². The van der Waals surface area contributed by atoms with Gasteiger partial charge in [-0.2, -0.15) is 0 Å². The van der Waals surface area contributed by atoms with Gasteiger partial charge >= 0.3 is 0 Å². The van der Waals surface area contributed by atoms with Crippen molar-refractivity contribution in [2.24, 2.45) is 0 Å². The first kappa shape index (κ1) is 11.5. The van der Waals surface area contributed by atoms with Crippen LogP contribution in [0.2, 0.25) is 5.02 Å². The molecule has 3 heteroatoms. The number of hydrogen-bond donors (Lipinski definition) is 1. The number of halogens is 1. The molecule has 86 valence electrons. The Kier molecular flexibility index (Phi) is 2.96. The van der Waals surface area contributed by atoms with Crippen molar-refractivity contribution >= 4 is 22.5 Å². The number of benzene rings is 1. The van der Waals surface area contributed by atoms with E-state index in [-0.39, 0.29) is 0 Å². The second-order valence-corrected chi connectivity index (χ2v) is 4.52. The van der Waals surface area contributed by atoms with Crippen molar-refractivity contribution in [1.29, 1.82) is 0 Å². The Hall–Kier alpha value is -0.990. The fraction of sp³-hybridized carbons (Fsp3) is 0.385. The quantitative estimate of drug-likeness (QED) is 0.847. The van der Waals surface area contributed by atoms with Gasteiger partial charge in [0.15, 0.2) is 0 Å². The van der Waals surface area contributed by atoms with Gasteiger partial charge in [-0.3, -0.25) is 0 Å². The van der Waals surface area contributed by atoms with E-state index in [4.69, 9.17) is 11.6 Å². The topological polar surface area (TPSA) is 25.2 Å². The van der Waals surface area contributed by atoms with Gasteiger partial charge in [-0.25, -0.2) is 0 Å². The van der Waals surface area contributed by atoms with Crippen LogP contribution < -0.4 is 0 Å². The molecular formula is C13H16ClNO. The lowest BCUT2D eigenvalue weighted by Gasteiger charge is -2.05. The number of aliphatic hydroxyl groups is 1. The van der Waals surface area contributed by atoms with Gasteiger partial charge in [0.25, 0.3) is 0 Å². The molecule has 2 aromatic rings. The molecule has 1 unspecified atom stereocenters. The zero-order valence-corrected chi connectivity index (χ0v) is 10.5. The third kappa shape index (κ3) is 1.62. The second-order valence-electron chi connectivity index (χ2n) is 4.11. The predicted molar refractivity (Wildman–Crippen MR) is 68.0 cm³/mol. The molecule has 2 rings (SSSR count). The van der Waals surface area contributed by atoms with E-state index in [2.05, 4.69) is 11.5 Å². The maximum atomic E-state index is 9.74. The zero-order chi connectivity index (χ0) is 11.9. The molecule has 1 heterocycles. The number of rotatable bonds is 2. The van der Waals surface area contributed by atoms with Gasteiger partial charge in [-0.05, 0) is 32.4 Å². The van der Waals surface area contributed by atoms with Crippen molar-refractivity contribution in [3.63, 3.8) is 0 Å². The number of aliphatic hydroxyl groups excluding tert-OH is 1. The fourth-order valence-corrected chi connectivity index (χ4v) is 2.32. The number of aromatic nitrogens is 1. The first-order valence-corrected chi connectivity index (χ1v) is 5.90. The van der Waals surface area contributed by atoms with E-state index < -0.39 is 6.10 Å². The molecule has 0 bridgehead atoms. The van der Waals surface area contributed by atoms with E-state index in [1.807, 2.05) is 25.3 Å². The highest BCUT2D eigenvalue weighted by atomic mass is 35.5. The average Bonchev–Trinajstić information content (AvgIpc) is 2.62. The van der Waals surface area contributed by atoms with Crippen LogP contribution in [0, 0.1) is 6.92 Å². The lowest BCUT2D eigenvalue weighted by Crippen LogP contribution is -1.93. The normalized spacial score (nSPS) is 13.3. The van der Waals surface area contributed by atoms with Gasteiger partial charge in [0, 0.05) is 28.7 Å². The van der Waals surface area contributed by atoms with E-state index in [0.717, 1.165) is 33.6 Å². The van der Waals surface area contributed by atoms with Crippen molar-refractivity contribution in [2.75, 3.05) is 0 Å². The molecule has 1 aromatic heterocycles. The highest BCUT2D eigenvalue weighted by molar-refractivity contribution is 6.32. The molecule has 0 aliphatic heterocycles. The van der Waals surface area contributed by atoms with E-state index in [1.165, 1.54) is 0 Å². The third-order valence-corrected chi connectivity index (χ3v) is 3.46. The van der Waals surface area contributed by atoms with E-state index in [0.29, 0.717) is 0 Å². The molecule has 1 N–H and O–H groups in total. The highest BCUT2D eigenvalue weighted by Gasteiger charge is 2.14. The fourth-order valence-electron chi connectivity index (χ4n) is 2.16. The van der Waals surface area contributed by atoms with Gasteiger partial charge in [-0.15, -0.1) is 0 Å². The largest absolute Gasteiger partial charge is 0.389 e. The molecule has 0 amide bonds. The summed E-state index contributed by atoms with van der Waals surface area (Å²) in [5.74, 6) is 0. The molecule has 0 fully saturated rings. The van der Waals surface area contributed by atoms with Crippen molar-refractivity contribution in [3.05, 3.63) is 34.5 Å². The molecule has 0 saturated carbocycles. The Balaban J connectivity index is 2.85. The Labute approximate surface area is 100 Å². The molecule has 0 aliphatic rings. The van der Waals surface area contributed by atoms with Crippen molar-refractivity contribution < 1.29 is 5.11 Å². The first-order valence-electron chi connectivity index (χ1n) is 5.52. The lowest BCUT2D eigenvalue weighted by atomic mass is 10.1. The van der Waals surface area contributed by atoms with E-state index in [1.54, 1.807) is 6.92 Å². The number of fused-ring (bicyclic) bond motifs is 1. The summed E-state index contributed by atoms with van der Waals surface area (Å²) in [6.45, 7) is 6.78. The Morgan fingerprint density at radius 2 is 2.12 bits per heavy atom. The van der Waals surface area contributed by atoms with E-state index in [9.17, 15) is 5.11 Å². The summed E-state index contributed by atoms with van der Waals surface area (Å²) in [5.41, 5.74) is 3.18. The minimum atomic E-state index is -0.448. The third-order valence-electron chi connectivity index (χ3n) is 3.05. The highest BCUT2D eigenvalue weighted by Crippen LogP contribution is 2.32. The van der Waals surface area contributed by atoms with Crippen molar-refractivity contribution in [2.45, 2.75) is 33.4 Å². The summed E-state index contributed by atoms with van der Waals surface area (Å²) >= 11 is 6.13. The number of aryl methyl sites for hydroxylation is 2. The molecule has 0 radical (unpaired) electrons. The molecule has 2 nitrogen and oxygen atoms in total. The van der Waals surface area contributed by atoms with Gasteiger partial charge in [0.2, 0.25) is 0 Å². The first-order chi connectivity index (χ1) is 7.56. The van der Waals surface area contributed by atoms with Gasteiger partial charge in [-0.1, -0.05) is 17.7 Å². The van der Waals surface area contributed by atoms with Crippen molar-refractivity contribution in [3.8, 4) is 0 Å². The van der Waals surface area contributed by atoms with Gasteiger partial charge < -0.3 is 9.67 Å². The second kappa shape index (κ2) is 4.11.